The van der Waals surface area contributed by atoms with Crippen LogP contribution in [0, 0.1) is 19.7 Å². The fourth-order valence-corrected chi connectivity index (χ4v) is 2.22. The monoisotopic (exact) mass is 303 g/mol. The molecule has 22 heavy (non-hydrogen) atoms. The minimum absolute atomic E-state index is 0.0360. The minimum Gasteiger partial charge on any atom is -0.355 e. The molecule has 2 aromatic rings. The molecule has 5 nitrogen and oxygen atoms in total. The molecular weight excluding hydrogens is 285 g/mol. The molecule has 0 aliphatic rings. The van der Waals surface area contributed by atoms with E-state index in [0.717, 1.165) is 0 Å². The Balaban J connectivity index is 1.92. The molecule has 0 aliphatic carbocycles. The van der Waals surface area contributed by atoms with Gasteiger partial charge >= 0.3 is 0 Å². The van der Waals surface area contributed by atoms with Crippen molar-refractivity contribution < 1.29 is 9.18 Å². The molecule has 2 rings (SSSR count). The Labute approximate surface area is 127 Å². The first-order valence-electron chi connectivity index (χ1n) is 7.04. The number of nitrogens with zero attached hydrogens (tertiary/aromatic N) is 1. The van der Waals surface area contributed by atoms with Crippen molar-refractivity contribution >= 4 is 5.91 Å². The van der Waals surface area contributed by atoms with Crippen molar-refractivity contribution in [3.8, 4) is 0 Å². The zero-order valence-electron chi connectivity index (χ0n) is 12.6. The fraction of sp³-hybridized carbons (Fsp3) is 0.312. The van der Waals surface area contributed by atoms with Crippen LogP contribution in [0.15, 0.2) is 29.1 Å². The third-order valence-electron chi connectivity index (χ3n) is 3.35. The van der Waals surface area contributed by atoms with E-state index in [-0.39, 0.29) is 23.7 Å². The molecule has 0 saturated heterocycles. The Morgan fingerprint density at radius 3 is 2.73 bits per heavy atom. The second-order valence-corrected chi connectivity index (χ2v) is 5.08. The summed E-state index contributed by atoms with van der Waals surface area (Å²) >= 11 is 0. The quantitative estimate of drug-likeness (QED) is 0.877. The fourth-order valence-electron chi connectivity index (χ4n) is 2.22. The van der Waals surface area contributed by atoms with Crippen LogP contribution in [0.5, 0.6) is 0 Å². The van der Waals surface area contributed by atoms with Gasteiger partial charge in [-0.15, -0.1) is 0 Å². The summed E-state index contributed by atoms with van der Waals surface area (Å²) in [5.41, 5.74) is 1.16. The Kier molecular flexibility index (Phi) is 5.04. The Morgan fingerprint density at radius 2 is 2.05 bits per heavy atom. The summed E-state index contributed by atoms with van der Waals surface area (Å²) in [7, 11) is 0. The van der Waals surface area contributed by atoms with Gasteiger partial charge in [0.2, 0.25) is 5.91 Å². The molecule has 1 aromatic carbocycles. The van der Waals surface area contributed by atoms with Gasteiger partial charge in [-0.25, -0.2) is 9.37 Å². The SMILES string of the molecule is Cc1nc(C)c(CC(=O)NCCc2ccccc2F)c(=O)[nH]1. The lowest BCUT2D eigenvalue weighted by Gasteiger charge is -2.07. The number of carbonyl (C=O) groups excluding carboxylic acids is 1. The van der Waals surface area contributed by atoms with E-state index in [1.54, 1.807) is 32.0 Å². The van der Waals surface area contributed by atoms with Crippen LogP contribution in [0.4, 0.5) is 4.39 Å². The summed E-state index contributed by atoms with van der Waals surface area (Å²) in [6.07, 6.45) is 0.367. The summed E-state index contributed by atoms with van der Waals surface area (Å²) in [6.45, 7) is 3.70. The Morgan fingerprint density at radius 1 is 1.32 bits per heavy atom. The van der Waals surface area contributed by atoms with Crippen molar-refractivity contribution in [3.05, 3.63) is 63.1 Å². The number of aromatic amines is 1. The number of hydrogen-bond donors (Lipinski definition) is 2. The van der Waals surface area contributed by atoms with Gasteiger partial charge in [-0.05, 0) is 31.9 Å². The Hall–Kier alpha value is -2.50. The third-order valence-corrected chi connectivity index (χ3v) is 3.35. The van der Waals surface area contributed by atoms with Gasteiger partial charge in [-0.1, -0.05) is 18.2 Å². The second kappa shape index (κ2) is 6.98. The zero-order valence-corrected chi connectivity index (χ0v) is 12.6. The molecule has 1 heterocycles. The van der Waals surface area contributed by atoms with Crippen molar-refractivity contribution in [2.45, 2.75) is 26.7 Å². The summed E-state index contributed by atoms with van der Waals surface area (Å²) in [6, 6.07) is 6.44. The molecular formula is C16H18FN3O2. The van der Waals surface area contributed by atoms with Gasteiger partial charge in [0, 0.05) is 17.8 Å². The molecule has 1 aromatic heterocycles. The van der Waals surface area contributed by atoms with Crippen LogP contribution in [0.2, 0.25) is 0 Å². The molecule has 116 valence electrons. The van der Waals surface area contributed by atoms with Gasteiger partial charge in [0.15, 0.2) is 0 Å². The molecule has 0 aliphatic heterocycles. The number of nitrogens with one attached hydrogen (secondary N) is 2. The van der Waals surface area contributed by atoms with E-state index in [1.165, 1.54) is 6.07 Å². The maximum atomic E-state index is 13.4. The van der Waals surface area contributed by atoms with Crippen molar-refractivity contribution in [1.29, 1.82) is 0 Å². The highest BCUT2D eigenvalue weighted by molar-refractivity contribution is 5.78. The van der Waals surface area contributed by atoms with Crippen LogP contribution in [0.3, 0.4) is 0 Å². The molecule has 0 bridgehead atoms. The third kappa shape index (κ3) is 4.00. The zero-order chi connectivity index (χ0) is 16.1. The van der Waals surface area contributed by atoms with Gasteiger partial charge in [-0.3, -0.25) is 9.59 Å². The number of benzene rings is 1. The number of halogens is 1. The first-order valence-corrected chi connectivity index (χ1v) is 7.04. The minimum atomic E-state index is -0.297. The van der Waals surface area contributed by atoms with Crippen LogP contribution in [-0.4, -0.2) is 22.4 Å². The van der Waals surface area contributed by atoms with Crippen molar-refractivity contribution in [2.75, 3.05) is 6.54 Å². The average Bonchev–Trinajstić information content (AvgIpc) is 2.45. The lowest BCUT2D eigenvalue weighted by Crippen LogP contribution is -2.30. The van der Waals surface area contributed by atoms with Crippen molar-refractivity contribution in [1.82, 2.24) is 15.3 Å². The van der Waals surface area contributed by atoms with E-state index in [2.05, 4.69) is 15.3 Å². The lowest BCUT2D eigenvalue weighted by molar-refractivity contribution is -0.120. The first-order chi connectivity index (χ1) is 10.5. The van der Waals surface area contributed by atoms with Crippen LogP contribution in [-0.2, 0) is 17.6 Å². The number of H-pyrrole nitrogens is 1. The number of aryl methyl sites for hydroxylation is 2. The second-order valence-electron chi connectivity index (χ2n) is 5.08. The molecule has 0 saturated carbocycles. The summed E-state index contributed by atoms with van der Waals surface area (Å²) in [5, 5.41) is 2.69. The van der Waals surface area contributed by atoms with E-state index in [4.69, 9.17) is 0 Å². The van der Waals surface area contributed by atoms with E-state index in [9.17, 15) is 14.0 Å². The largest absolute Gasteiger partial charge is 0.355 e. The molecule has 6 heteroatoms. The van der Waals surface area contributed by atoms with Crippen molar-refractivity contribution in [2.24, 2.45) is 0 Å². The topological polar surface area (TPSA) is 74.8 Å². The van der Waals surface area contributed by atoms with Gasteiger partial charge < -0.3 is 10.3 Å². The molecule has 0 radical (unpaired) electrons. The predicted octanol–water partition coefficient (Wildman–Crippen LogP) is 1.43. The maximum absolute atomic E-state index is 13.4. The summed E-state index contributed by atoms with van der Waals surface area (Å²) < 4.78 is 13.4. The van der Waals surface area contributed by atoms with E-state index in [1.807, 2.05) is 0 Å². The van der Waals surface area contributed by atoms with E-state index in [0.29, 0.717) is 35.6 Å². The predicted molar refractivity (Wildman–Crippen MR) is 81.1 cm³/mol. The maximum Gasteiger partial charge on any atom is 0.254 e. The van der Waals surface area contributed by atoms with Gasteiger partial charge in [0.25, 0.3) is 5.56 Å². The smallest absolute Gasteiger partial charge is 0.254 e. The molecule has 0 fully saturated rings. The number of rotatable bonds is 5. The van der Waals surface area contributed by atoms with Gasteiger partial charge in [-0.2, -0.15) is 0 Å². The first kappa shape index (κ1) is 15.9. The van der Waals surface area contributed by atoms with Crippen LogP contribution < -0.4 is 10.9 Å². The van der Waals surface area contributed by atoms with E-state index < -0.39 is 0 Å². The summed E-state index contributed by atoms with van der Waals surface area (Å²) in [4.78, 5) is 30.4. The van der Waals surface area contributed by atoms with Crippen LogP contribution in [0.1, 0.15) is 22.6 Å². The van der Waals surface area contributed by atoms with Gasteiger partial charge in [0.05, 0.1) is 6.42 Å². The van der Waals surface area contributed by atoms with Crippen molar-refractivity contribution in [3.63, 3.8) is 0 Å². The normalized spacial score (nSPS) is 10.5. The molecule has 0 atom stereocenters. The molecule has 1 amide bonds. The number of hydrogen-bond acceptors (Lipinski definition) is 3. The Bertz CT molecular complexity index is 740. The average molecular weight is 303 g/mol. The highest BCUT2D eigenvalue weighted by atomic mass is 19.1. The van der Waals surface area contributed by atoms with Gasteiger partial charge in [0.1, 0.15) is 11.6 Å². The van der Waals surface area contributed by atoms with Crippen LogP contribution in [0.25, 0.3) is 0 Å². The number of carbonyl (C=O) groups is 1. The molecule has 0 unspecified atom stereocenters. The number of aromatic nitrogens is 2. The highest BCUT2D eigenvalue weighted by Gasteiger charge is 2.11. The van der Waals surface area contributed by atoms with Crippen LogP contribution >= 0.6 is 0 Å². The number of amides is 1. The molecule has 0 spiro atoms. The highest BCUT2D eigenvalue weighted by Crippen LogP contribution is 2.06. The molecule has 2 N–H and O–H groups in total. The standard InChI is InChI=1S/C16H18FN3O2/c1-10-13(16(22)20-11(2)19-10)9-15(21)18-8-7-12-5-3-4-6-14(12)17/h3-6H,7-9H2,1-2H3,(H,18,21)(H,19,20,22). The lowest BCUT2D eigenvalue weighted by atomic mass is 10.1. The summed E-state index contributed by atoms with van der Waals surface area (Å²) in [5.74, 6) is -0.0476. The van der Waals surface area contributed by atoms with E-state index >= 15 is 0 Å².